The highest BCUT2D eigenvalue weighted by molar-refractivity contribution is 7.89. The van der Waals surface area contributed by atoms with Crippen LogP contribution in [0.15, 0.2) is 47.4 Å². The second-order valence-corrected chi connectivity index (χ2v) is 9.03. The summed E-state index contributed by atoms with van der Waals surface area (Å²) in [6, 6.07) is 10.2. The molecular weight excluding hydrogens is 429 g/mol. The van der Waals surface area contributed by atoms with Gasteiger partial charge in [-0.1, -0.05) is 29.7 Å². The van der Waals surface area contributed by atoms with Crippen molar-refractivity contribution in [3.8, 4) is 12.3 Å². The fourth-order valence-electron chi connectivity index (χ4n) is 3.20. The number of halogens is 2. The fourth-order valence-corrected chi connectivity index (χ4v) is 4.41. The summed E-state index contributed by atoms with van der Waals surface area (Å²) in [4.78, 5) is 16.7. The third-order valence-corrected chi connectivity index (χ3v) is 6.57. The van der Waals surface area contributed by atoms with Crippen molar-refractivity contribution < 1.29 is 17.6 Å². The molecule has 0 atom stereocenters. The lowest BCUT2D eigenvalue weighted by Gasteiger charge is -2.35. The van der Waals surface area contributed by atoms with Crippen LogP contribution in [0.5, 0.6) is 0 Å². The monoisotopic (exact) mass is 449 g/mol. The van der Waals surface area contributed by atoms with Gasteiger partial charge >= 0.3 is 0 Å². The molecule has 6 nitrogen and oxygen atoms in total. The van der Waals surface area contributed by atoms with Crippen molar-refractivity contribution in [1.29, 1.82) is 0 Å². The van der Waals surface area contributed by atoms with Crippen molar-refractivity contribution in [2.24, 2.45) is 0 Å². The number of carbonyl (C=O) groups is 1. The number of sulfonamides is 1. The van der Waals surface area contributed by atoms with E-state index in [-0.39, 0.29) is 23.2 Å². The number of carbonyl (C=O) groups excluding carboxylic acids is 1. The van der Waals surface area contributed by atoms with Gasteiger partial charge in [-0.25, -0.2) is 12.8 Å². The lowest BCUT2D eigenvalue weighted by Crippen LogP contribution is -2.48. The predicted molar refractivity (Wildman–Crippen MR) is 113 cm³/mol. The summed E-state index contributed by atoms with van der Waals surface area (Å²) in [5.41, 5.74) is 1.13. The van der Waals surface area contributed by atoms with E-state index >= 15 is 0 Å². The molecule has 158 valence electrons. The minimum absolute atomic E-state index is 0.00631. The van der Waals surface area contributed by atoms with Gasteiger partial charge in [0.1, 0.15) is 5.82 Å². The first-order valence-corrected chi connectivity index (χ1v) is 11.1. The number of nitrogens with one attached hydrogen (secondary N) is 1. The maximum Gasteiger partial charge on any atom is 0.253 e. The summed E-state index contributed by atoms with van der Waals surface area (Å²) >= 11 is 6.09. The van der Waals surface area contributed by atoms with Gasteiger partial charge in [-0.3, -0.25) is 9.69 Å². The van der Waals surface area contributed by atoms with Crippen LogP contribution in [0.4, 0.5) is 4.39 Å². The third kappa shape index (κ3) is 5.37. The Kier molecular flexibility index (Phi) is 7.10. The summed E-state index contributed by atoms with van der Waals surface area (Å²) in [6.45, 7) is 2.67. The quantitative estimate of drug-likeness (QED) is 0.687. The topological polar surface area (TPSA) is 69.7 Å². The van der Waals surface area contributed by atoms with Crippen molar-refractivity contribution in [1.82, 2.24) is 14.5 Å². The Morgan fingerprint density at radius 3 is 2.57 bits per heavy atom. The van der Waals surface area contributed by atoms with E-state index in [0.717, 1.165) is 5.56 Å². The van der Waals surface area contributed by atoms with Crippen molar-refractivity contribution in [3.63, 3.8) is 0 Å². The van der Waals surface area contributed by atoms with Crippen LogP contribution in [0.3, 0.4) is 0 Å². The first-order valence-electron chi connectivity index (χ1n) is 9.29. The number of terminal acetylenes is 1. The van der Waals surface area contributed by atoms with Crippen molar-refractivity contribution in [2.45, 2.75) is 11.4 Å². The molecular formula is C21H21ClFN3O3S. The standard InChI is InChI=1S/C21H21ClFN3O3S/c1-2-8-24-30(28,29)19-5-3-4-16(13-19)21(27)26-11-9-25(10-12-26)15-17-6-7-18(23)14-20(17)22/h1,3-7,13-14,24H,8-12,15H2. The first kappa shape index (κ1) is 22.2. The van der Waals surface area contributed by atoms with Gasteiger partial charge in [0.2, 0.25) is 10.0 Å². The van der Waals surface area contributed by atoms with Crippen molar-refractivity contribution in [3.05, 3.63) is 64.4 Å². The van der Waals surface area contributed by atoms with E-state index in [2.05, 4.69) is 15.5 Å². The first-order chi connectivity index (χ1) is 14.3. The summed E-state index contributed by atoms with van der Waals surface area (Å²) in [5.74, 6) is 1.60. The number of amides is 1. The van der Waals surface area contributed by atoms with Gasteiger partial charge in [0.05, 0.1) is 11.4 Å². The van der Waals surface area contributed by atoms with Crippen LogP contribution in [0, 0.1) is 18.2 Å². The molecule has 0 saturated carbocycles. The van der Waals surface area contributed by atoms with E-state index in [1.807, 2.05) is 0 Å². The Morgan fingerprint density at radius 2 is 1.90 bits per heavy atom. The molecule has 1 aliphatic rings. The van der Waals surface area contributed by atoms with Crippen LogP contribution < -0.4 is 4.72 Å². The summed E-state index contributed by atoms with van der Waals surface area (Å²) in [7, 11) is -3.77. The van der Waals surface area contributed by atoms with Gasteiger partial charge in [0, 0.05) is 43.3 Å². The molecule has 1 aliphatic heterocycles. The summed E-state index contributed by atoms with van der Waals surface area (Å²) in [6.07, 6.45) is 5.10. The molecule has 0 bridgehead atoms. The molecule has 2 aromatic carbocycles. The van der Waals surface area contributed by atoms with E-state index in [1.165, 1.54) is 30.3 Å². The number of piperazine rings is 1. The number of hydrogen-bond acceptors (Lipinski definition) is 4. The zero-order chi connectivity index (χ0) is 21.7. The maximum absolute atomic E-state index is 13.2. The highest BCUT2D eigenvalue weighted by Gasteiger charge is 2.24. The van der Waals surface area contributed by atoms with Crippen LogP contribution in [0.25, 0.3) is 0 Å². The number of nitrogens with zero attached hydrogens (tertiary/aromatic N) is 2. The van der Waals surface area contributed by atoms with Crippen molar-refractivity contribution in [2.75, 3.05) is 32.7 Å². The van der Waals surface area contributed by atoms with Gasteiger partial charge in [0.25, 0.3) is 5.91 Å². The van der Waals surface area contributed by atoms with Gasteiger partial charge in [-0.2, -0.15) is 4.72 Å². The zero-order valence-corrected chi connectivity index (χ0v) is 17.7. The summed E-state index contributed by atoms with van der Waals surface area (Å²) < 4.78 is 39.9. The molecule has 1 amide bonds. The zero-order valence-electron chi connectivity index (χ0n) is 16.1. The molecule has 1 fully saturated rings. The molecule has 0 radical (unpaired) electrons. The molecule has 1 N–H and O–H groups in total. The van der Waals surface area contributed by atoms with E-state index in [4.69, 9.17) is 18.0 Å². The Labute approximate surface area is 180 Å². The normalized spacial score (nSPS) is 15.0. The summed E-state index contributed by atoms with van der Waals surface area (Å²) in [5, 5.41) is 0.380. The molecule has 1 saturated heterocycles. The molecule has 1 heterocycles. The molecule has 0 aliphatic carbocycles. The molecule has 2 aromatic rings. The van der Waals surface area contributed by atoms with E-state index in [1.54, 1.807) is 17.0 Å². The van der Waals surface area contributed by atoms with Crippen LogP contribution in [-0.2, 0) is 16.6 Å². The van der Waals surface area contributed by atoms with Gasteiger partial charge < -0.3 is 4.90 Å². The van der Waals surface area contributed by atoms with E-state index in [0.29, 0.717) is 43.3 Å². The Bertz CT molecular complexity index is 1080. The van der Waals surface area contributed by atoms with Crippen LogP contribution in [0.2, 0.25) is 5.02 Å². The smallest absolute Gasteiger partial charge is 0.253 e. The van der Waals surface area contributed by atoms with Crippen LogP contribution >= 0.6 is 11.6 Å². The van der Waals surface area contributed by atoms with E-state index in [9.17, 15) is 17.6 Å². The lowest BCUT2D eigenvalue weighted by molar-refractivity contribution is 0.0628. The van der Waals surface area contributed by atoms with Crippen LogP contribution in [-0.4, -0.2) is 56.8 Å². The number of rotatable bonds is 6. The fraction of sp³-hybridized carbons (Fsp3) is 0.286. The van der Waals surface area contributed by atoms with Gasteiger partial charge in [-0.05, 0) is 35.9 Å². The number of benzene rings is 2. The maximum atomic E-state index is 13.2. The largest absolute Gasteiger partial charge is 0.336 e. The SMILES string of the molecule is C#CCNS(=O)(=O)c1cccc(C(=O)N2CCN(Cc3ccc(F)cc3Cl)CC2)c1. The predicted octanol–water partition coefficient (Wildman–Crippen LogP) is 2.35. The molecule has 9 heteroatoms. The Balaban J connectivity index is 1.63. The minimum Gasteiger partial charge on any atom is -0.336 e. The average molecular weight is 450 g/mol. The van der Waals surface area contributed by atoms with E-state index < -0.39 is 10.0 Å². The molecule has 30 heavy (non-hydrogen) atoms. The second kappa shape index (κ2) is 9.58. The third-order valence-electron chi connectivity index (χ3n) is 4.82. The number of hydrogen-bond donors (Lipinski definition) is 1. The average Bonchev–Trinajstić information content (AvgIpc) is 2.74. The molecule has 0 spiro atoms. The highest BCUT2D eigenvalue weighted by Crippen LogP contribution is 2.20. The van der Waals surface area contributed by atoms with Crippen LogP contribution in [0.1, 0.15) is 15.9 Å². The highest BCUT2D eigenvalue weighted by atomic mass is 35.5. The second-order valence-electron chi connectivity index (χ2n) is 6.86. The van der Waals surface area contributed by atoms with Crippen molar-refractivity contribution >= 4 is 27.5 Å². The Hall–Kier alpha value is -2.44. The Morgan fingerprint density at radius 1 is 1.17 bits per heavy atom. The molecule has 0 aromatic heterocycles. The lowest BCUT2D eigenvalue weighted by atomic mass is 10.1. The van der Waals surface area contributed by atoms with Gasteiger partial charge in [0.15, 0.2) is 0 Å². The molecule has 3 rings (SSSR count). The molecule has 0 unspecified atom stereocenters. The minimum atomic E-state index is -3.77. The van der Waals surface area contributed by atoms with Gasteiger partial charge in [-0.15, -0.1) is 6.42 Å².